The fourth-order valence-corrected chi connectivity index (χ4v) is 4.61. The standard InChI is InChI=1S/C25H36FN5O4/c1-6-30-20(15-29-11-12-31(17(5)14-29)24(33)27-16(3)4)21(23(32)35-7-2)22(28-25(30)34)18-9-8-10-19(26)13-18/h8-10,13,16-17,22H,6-7,11-12,14-15H2,1-5H3,(H,27,33)(H,28,34)/t17-,22+/m1/s1. The summed E-state index contributed by atoms with van der Waals surface area (Å²) < 4.78 is 19.4. The van der Waals surface area contributed by atoms with Gasteiger partial charge in [-0.05, 0) is 52.3 Å². The molecule has 0 saturated carbocycles. The number of benzene rings is 1. The Labute approximate surface area is 206 Å². The normalized spacial score (nSPS) is 21.3. The van der Waals surface area contributed by atoms with Crippen molar-refractivity contribution in [3.05, 3.63) is 46.9 Å². The van der Waals surface area contributed by atoms with Crippen molar-refractivity contribution < 1.29 is 23.5 Å². The molecule has 2 N–H and O–H groups in total. The number of nitrogens with zero attached hydrogens (tertiary/aromatic N) is 3. The molecule has 0 unspecified atom stereocenters. The third kappa shape index (κ3) is 6.11. The molecule has 192 valence electrons. The van der Waals surface area contributed by atoms with E-state index in [1.54, 1.807) is 24.0 Å². The molecule has 1 fully saturated rings. The van der Waals surface area contributed by atoms with E-state index in [2.05, 4.69) is 15.5 Å². The van der Waals surface area contributed by atoms with Crippen molar-refractivity contribution in [2.75, 3.05) is 39.3 Å². The van der Waals surface area contributed by atoms with Crippen molar-refractivity contribution in [2.24, 2.45) is 0 Å². The Bertz CT molecular complexity index is 982. The minimum atomic E-state index is -0.828. The first-order chi connectivity index (χ1) is 16.7. The van der Waals surface area contributed by atoms with E-state index in [1.807, 2.05) is 27.7 Å². The highest BCUT2D eigenvalue weighted by Gasteiger charge is 2.39. The van der Waals surface area contributed by atoms with Crippen LogP contribution in [0.2, 0.25) is 0 Å². The van der Waals surface area contributed by atoms with Gasteiger partial charge in [0.2, 0.25) is 0 Å². The van der Waals surface area contributed by atoms with Crippen LogP contribution in [-0.2, 0) is 9.53 Å². The highest BCUT2D eigenvalue weighted by Crippen LogP contribution is 2.32. The Morgan fingerprint density at radius 3 is 2.60 bits per heavy atom. The van der Waals surface area contributed by atoms with Crippen LogP contribution in [0, 0.1) is 5.82 Å². The second-order valence-corrected chi connectivity index (χ2v) is 9.14. The van der Waals surface area contributed by atoms with Gasteiger partial charge in [-0.2, -0.15) is 0 Å². The molecule has 2 atom stereocenters. The largest absolute Gasteiger partial charge is 0.463 e. The molecule has 2 aliphatic rings. The molecule has 0 aliphatic carbocycles. The zero-order valence-corrected chi connectivity index (χ0v) is 21.1. The lowest BCUT2D eigenvalue weighted by Crippen LogP contribution is -2.58. The smallest absolute Gasteiger partial charge is 0.338 e. The molecule has 4 amide bonds. The summed E-state index contributed by atoms with van der Waals surface area (Å²) in [6, 6.07) is 4.57. The van der Waals surface area contributed by atoms with Crippen molar-refractivity contribution in [3.63, 3.8) is 0 Å². The first-order valence-electron chi connectivity index (χ1n) is 12.2. The monoisotopic (exact) mass is 489 g/mol. The van der Waals surface area contributed by atoms with E-state index in [0.717, 1.165) is 0 Å². The van der Waals surface area contributed by atoms with E-state index < -0.39 is 17.8 Å². The molecule has 1 aromatic carbocycles. The van der Waals surface area contributed by atoms with Gasteiger partial charge in [-0.25, -0.2) is 18.8 Å². The van der Waals surface area contributed by atoms with Gasteiger partial charge < -0.3 is 20.3 Å². The molecule has 0 bridgehead atoms. The van der Waals surface area contributed by atoms with Gasteiger partial charge in [0.25, 0.3) is 0 Å². The Morgan fingerprint density at radius 2 is 2.00 bits per heavy atom. The van der Waals surface area contributed by atoms with Gasteiger partial charge in [0.15, 0.2) is 0 Å². The fourth-order valence-electron chi connectivity index (χ4n) is 4.61. The average molecular weight is 490 g/mol. The maximum absolute atomic E-state index is 14.0. The van der Waals surface area contributed by atoms with Crippen LogP contribution in [0.4, 0.5) is 14.0 Å². The number of esters is 1. The van der Waals surface area contributed by atoms with Crippen molar-refractivity contribution in [2.45, 2.75) is 52.7 Å². The van der Waals surface area contributed by atoms with Gasteiger partial charge in [-0.15, -0.1) is 0 Å². The van der Waals surface area contributed by atoms with E-state index in [-0.39, 0.29) is 30.8 Å². The van der Waals surface area contributed by atoms with Crippen LogP contribution in [0.3, 0.4) is 0 Å². The van der Waals surface area contributed by atoms with Gasteiger partial charge in [-0.1, -0.05) is 12.1 Å². The second-order valence-electron chi connectivity index (χ2n) is 9.14. The Kier molecular flexibility index (Phi) is 8.71. The molecule has 2 heterocycles. The van der Waals surface area contributed by atoms with E-state index in [1.165, 1.54) is 17.0 Å². The second kappa shape index (κ2) is 11.5. The number of rotatable bonds is 7. The number of carbonyl (C=O) groups is 3. The van der Waals surface area contributed by atoms with Gasteiger partial charge in [-0.3, -0.25) is 9.80 Å². The lowest BCUT2D eigenvalue weighted by Gasteiger charge is -2.43. The van der Waals surface area contributed by atoms with Gasteiger partial charge in [0.05, 0.1) is 18.2 Å². The van der Waals surface area contributed by atoms with Crippen molar-refractivity contribution in [1.29, 1.82) is 0 Å². The minimum Gasteiger partial charge on any atom is -0.463 e. The molecule has 0 radical (unpaired) electrons. The molecule has 0 aromatic heterocycles. The Morgan fingerprint density at radius 1 is 1.26 bits per heavy atom. The molecular weight excluding hydrogens is 453 g/mol. The third-order valence-corrected chi connectivity index (χ3v) is 6.19. The van der Waals surface area contributed by atoms with Crippen molar-refractivity contribution in [1.82, 2.24) is 25.3 Å². The lowest BCUT2D eigenvalue weighted by atomic mass is 9.94. The van der Waals surface area contributed by atoms with E-state index >= 15 is 0 Å². The SMILES string of the molecule is CCOC(=O)C1=C(CN2CCN(C(=O)NC(C)C)[C@H](C)C2)N(CC)C(=O)N[C@H]1c1cccc(F)c1. The highest BCUT2D eigenvalue weighted by molar-refractivity contribution is 5.95. The molecule has 10 heteroatoms. The minimum absolute atomic E-state index is 0.0450. The zero-order chi connectivity index (χ0) is 25.7. The summed E-state index contributed by atoms with van der Waals surface area (Å²) in [4.78, 5) is 44.2. The third-order valence-electron chi connectivity index (χ3n) is 6.19. The molecule has 35 heavy (non-hydrogen) atoms. The first kappa shape index (κ1) is 26.5. The highest BCUT2D eigenvalue weighted by atomic mass is 19.1. The van der Waals surface area contributed by atoms with Crippen LogP contribution in [0.5, 0.6) is 0 Å². The average Bonchev–Trinajstić information content (AvgIpc) is 2.78. The van der Waals surface area contributed by atoms with E-state index in [9.17, 15) is 18.8 Å². The summed E-state index contributed by atoms with van der Waals surface area (Å²) in [5, 5.41) is 5.78. The van der Waals surface area contributed by atoms with Gasteiger partial charge in [0.1, 0.15) is 5.82 Å². The zero-order valence-electron chi connectivity index (χ0n) is 21.1. The van der Waals surface area contributed by atoms with Crippen LogP contribution in [-0.4, -0.2) is 84.1 Å². The summed E-state index contributed by atoms with van der Waals surface area (Å²) in [7, 11) is 0. The van der Waals surface area contributed by atoms with Crippen LogP contribution in [0.1, 0.15) is 46.2 Å². The number of carbonyl (C=O) groups excluding carboxylic acids is 3. The molecular formula is C25H36FN5O4. The first-order valence-corrected chi connectivity index (χ1v) is 12.2. The Hall–Kier alpha value is -3.14. The maximum atomic E-state index is 14.0. The molecule has 1 aromatic rings. The summed E-state index contributed by atoms with van der Waals surface area (Å²) in [6.07, 6.45) is 0. The number of hydrogen-bond acceptors (Lipinski definition) is 5. The fraction of sp³-hybridized carbons (Fsp3) is 0.560. The summed E-state index contributed by atoms with van der Waals surface area (Å²) in [5.74, 6) is -0.998. The predicted octanol–water partition coefficient (Wildman–Crippen LogP) is 2.85. The quantitative estimate of drug-likeness (QED) is 0.575. The number of piperazine rings is 1. The Balaban J connectivity index is 1.94. The van der Waals surface area contributed by atoms with Crippen LogP contribution >= 0.6 is 0 Å². The number of nitrogens with one attached hydrogen (secondary N) is 2. The van der Waals surface area contributed by atoms with E-state index in [4.69, 9.17) is 4.74 Å². The van der Waals surface area contributed by atoms with Crippen molar-refractivity contribution in [3.8, 4) is 0 Å². The van der Waals surface area contributed by atoms with Crippen LogP contribution in [0.15, 0.2) is 35.5 Å². The predicted molar refractivity (Wildman–Crippen MR) is 130 cm³/mol. The maximum Gasteiger partial charge on any atom is 0.338 e. The summed E-state index contributed by atoms with van der Waals surface area (Å²) >= 11 is 0. The number of ether oxygens (including phenoxy) is 1. The van der Waals surface area contributed by atoms with E-state index in [0.29, 0.717) is 49.6 Å². The number of likely N-dealkylation sites (N-methyl/N-ethyl adjacent to an activating group) is 1. The molecule has 0 spiro atoms. The number of halogens is 1. The number of amides is 4. The lowest BCUT2D eigenvalue weighted by molar-refractivity contribution is -0.139. The molecule has 9 nitrogen and oxygen atoms in total. The number of hydrogen-bond donors (Lipinski definition) is 2. The molecule has 2 aliphatic heterocycles. The topological polar surface area (TPSA) is 94.2 Å². The van der Waals surface area contributed by atoms with Gasteiger partial charge >= 0.3 is 18.0 Å². The summed E-state index contributed by atoms with van der Waals surface area (Å²) in [5.41, 5.74) is 1.31. The van der Waals surface area contributed by atoms with Gasteiger partial charge in [0, 0.05) is 50.5 Å². The molecule has 1 saturated heterocycles. The van der Waals surface area contributed by atoms with Crippen LogP contribution in [0.25, 0.3) is 0 Å². The van der Waals surface area contributed by atoms with Crippen molar-refractivity contribution >= 4 is 18.0 Å². The van der Waals surface area contributed by atoms with Crippen LogP contribution < -0.4 is 10.6 Å². The molecule has 3 rings (SSSR count). The summed E-state index contributed by atoms with van der Waals surface area (Å²) in [6.45, 7) is 11.9. The number of urea groups is 2.